The number of carbonyl (C=O) groups excluding carboxylic acids is 2. The number of benzene rings is 2. The lowest BCUT2D eigenvalue weighted by atomic mass is 9.91. The minimum Gasteiger partial charge on any atom is -0.340 e. The van der Waals surface area contributed by atoms with E-state index in [2.05, 4.69) is 15.3 Å². The lowest BCUT2D eigenvalue weighted by Gasteiger charge is -2.29. The van der Waals surface area contributed by atoms with Crippen LogP contribution < -0.4 is 5.32 Å². The molecule has 1 saturated carbocycles. The number of urea groups is 1. The molecule has 6 nitrogen and oxygen atoms in total. The molecule has 1 saturated heterocycles. The zero-order chi connectivity index (χ0) is 24.7. The van der Waals surface area contributed by atoms with Gasteiger partial charge in [-0.1, -0.05) is 94.1 Å². The zero-order valence-electron chi connectivity index (χ0n) is 20.3. The van der Waals surface area contributed by atoms with Crippen molar-refractivity contribution in [1.29, 1.82) is 0 Å². The normalized spacial score (nSPS) is 16.0. The molecule has 1 aliphatic carbocycles. The number of carbonyl (C=O) groups is 2. The average Bonchev–Trinajstić information content (AvgIpc) is 3.61. The smallest absolute Gasteiger partial charge is 0.325 e. The second kappa shape index (κ2) is 11.8. The van der Waals surface area contributed by atoms with Gasteiger partial charge in [-0.05, 0) is 24.1 Å². The van der Waals surface area contributed by atoms with Crippen LogP contribution in [-0.2, 0) is 4.79 Å². The molecule has 1 aliphatic heterocycles. The molecule has 0 bridgehead atoms. The first-order valence-corrected chi connectivity index (χ1v) is 12.3. The number of amides is 3. The maximum atomic E-state index is 12.5. The topological polar surface area (TPSA) is 78.1 Å². The monoisotopic (exact) mass is 480 g/mol. The summed E-state index contributed by atoms with van der Waals surface area (Å²) >= 11 is 6.41. The molecule has 2 N–H and O–H groups in total. The van der Waals surface area contributed by atoms with E-state index in [9.17, 15) is 9.59 Å². The summed E-state index contributed by atoms with van der Waals surface area (Å²) in [5.74, 6) is 0.115. The van der Waals surface area contributed by atoms with Crippen molar-refractivity contribution in [3.05, 3.63) is 76.7 Å². The molecule has 2 aliphatic rings. The van der Waals surface area contributed by atoms with E-state index in [1.165, 1.54) is 24.2 Å². The van der Waals surface area contributed by atoms with Crippen LogP contribution in [0.2, 0.25) is 5.02 Å². The summed E-state index contributed by atoms with van der Waals surface area (Å²) < 4.78 is 0. The summed E-state index contributed by atoms with van der Waals surface area (Å²) in [7, 11) is 0. The number of rotatable bonds is 5. The van der Waals surface area contributed by atoms with E-state index in [0.29, 0.717) is 10.8 Å². The van der Waals surface area contributed by atoms with Gasteiger partial charge in [0, 0.05) is 11.5 Å². The van der Waals surface area contributed by atoms with Crippen LogP contribution in [0.25, 0.3) is 11.3 Å². The van der Waals surface area contributed by atoms with Gasteiger partial charge in [0.15, 0.2) is 0 Å². The van der Waals surface area contributed by atoms with E-state index >= 15 is 0 Å². The molecule has 1 aromatic heterocycles. The predicted molar refractivity (Wildman–Crippen MR) is 137 cm³/mol. The highest BCUT2D eigenvalue weighted by atomic mass is 35.5. The van der Waals surface area contributed by atoms with Gasteiger partial charge >= 0.3 is 6.03 Å². The summed E-state index contributed by atoms with van der Waals surface area (Å²) in [6, 6.07) is 14.6. The summed E-state index contributed by atoms with van der Waals surface area (Å²) in [6.45, 7) is 7.96. The number of H-pyrrole nitrogens is 1. The molecule has 3 aromatic rings. The van der Waals surface area contributed by atoms with E-state index in [-0.39, 0.29) is 18.4 Å². The Bertz CT molecular complexity index is 1090. The van der Waals surface area contributed by atoms with Crippen LogP contribution in [0.3, 0.4) is 0 Å². The molecule has 5 rings (SSSR count). The predicted octanol–water partition coefficient (Wildman–Crippen LogP) is 6.63. The molecule has 2 atom stereocenters. The first-order valence-electron chi connectivity index (χ1n) is 11.9. The van der Waals surface area contributed by atoms with Crippen molar-refractivity contribution in [3.8, 4) is 11.3 Å². The Labute approximate surface area is 206 Å². The van der Waals surface area contributed by atoms with Crippen molar-refractivity contribution in [1.82, 2.24) is 20.2 Å². The van der Waals surface area contributed by atoms with Crippen LogP contribution >= 0.6 is 11.6 Å². The van der Waals surface area contributed by atoms with Crippen LogP contribution in [0.15, 0.2) is 54.7 Å². The lowest BCUT2D eigenvalue weighted by Crippen LogP contribution is -2.38. The number of hydrogen-bond acceptors (Lipinski definition) is 3. The van der Waals surface area contributed by atoms with Crippen LogP contribution in [0.5, 0.6) is 0 Å². The van der Waals surface area contributed by atoms with E-state index < -0.39 is 12.1 Å². The van der Waals surface area contributed by atoms with Crippen molar-refractivity contribution in [2.75, 3.05) is 6.54 Å². The fourth-order valence-corrected chi connectivity index (χ4v) is 4.04. The maximum Gasteiger partial charge on any atom is 0.325 e. The van der Waals surface area contributed by atoms with Crippen molar-refractivity contribution in [2.45, 2.75) is 58.9 Å². The third kappa shape index (κ3) is 6.06. The molecular weight excluding hydrogens is 448 g/mol. The van der Waals surface area contributed by atoms with Crippen LogP contribution in [0.4, 0.5) is 4.79 Å². The molecule has 0 spiro atoms. The van der Waals surface area contributed by atoms with Gasteiger partial charge in [0.2, 0.25) is 0 Å². The number of nitrogens with zero attached hydrogens (tertiary/aromatic N) is 2. The summed E-state index contributed by atoms with van der Waals surface area (Å²) in [4.78, 5) is 34.0. The number of imide groups is 1. The van der Waals surface area contributed by atoms with Crippen molar-refractivity contribution in [3.63, 3.8) is 0 Å². The minimum atomic E-state index is -0.564. The van der Waals surface area contributed by atoms with E-state index in [1.807, 2.05) is 76.2 Å². The van der Waals surface area contributed by atoms with Gasteiger partial charge in [-0.2, -0.15) is 0 Å². The Morgan fingerprint density at radius 2 is 1.71 bits per heavy atom. The Hall–Kier alpha value is -3.12. The molecule has 7 heteroatoms. The van der Waals surface area contributed by atoms with Gasteiger partial charge in [0.25, 0.3) is 5.91 Å². The molecule has 34 heavy (non-hydrogen) atoms. The third-order valence-corrected chi connectivity index (χ3v) is 5.91. The third-order valence-electron chi connectivity index (χ3n) is 5.60. The maximum absolute atomic E-state index is 12.5. The Balaban J connectivity index is 0.000000588. The summed E-state index contributed by atoms with van der Waals surface area (Å²) in [6.07, 6.45) is 6.19. The molecular formula is C27H33ClN4O2. The number of aromatic nitrogens is 2. The lowest BCUT2D eigenvalue weighted by molar-refractivity contribution is -0.127. The molecule has 2 aromatic carbocycles. The Morgan fingerprint density at radius 1 is 1.03 bits per heavy atom. The first-order chi connectivity index (χ1) is 16.5. The fourth-order valence-electron chi connectivity index (χ4n) is 3.70. The number of aryl methyl sites for hydroxylation is 1. The van der Waals surface area contributed by atoms with Gasteiger partial charge in [-0.3, -0.25) is 9.69 Å². The minimum absolute atomic E-state index is 0.00575. The van der Waals surface area contributed by atoms with E-state index in [4.69, 9.17) is 11.6 Å². The van der Waals surface area contributed by atoms with Gasteiger partial charge in [-0.25, -0.2) is 9.78 Å². The van der Waals surface area contributed by atoms with Gasteiger partial charge in [0.1, 0.15) is 11.9 Å². The number of nitrogens with one attached hydrogen (secondary N) is 2. The fraction of sp³-hybridized carbons (Fsp3) is 0.370. The SMILES string of the molecule is C1CC1.CC.Cc1ccc(-c2cnc(C(C(C)c3ccccc3)N3C(=O)CNC3=O)[nH]2)c(Cl)c1. The van der Waals surface area contributed by atoms with Gasteiger partial charge in [0.05, 0.1) is 23.5 Å². The quantitative estimate of drug-likeness (QED) is 0.402. The summed E-state index contributed by atoms with van der Waals surface area (Å²) in [5, 5.41) is 3.22. The van der Waals surface area contributed by atoms with Crippen molar-refractivity contribution >= 4 is 23.5 Å². The largest absolute Gasteiger partial charge is 0.340 e. The summed E-state index contributed by atoms with van der Waals surface area (Å²) in [5.41, 5.74) is 3.63. The van der Waals surface area contributed by atoms with Crippen molar-refractivity contribution in [2.24, 2.45) is 0 Å². The van der Waals surface area contributed by atoms with E-state index in [1.54, 1.807) is 6.20 Å². The Morgan fingerprint density at radius 3 is 2.26 bits per heavy atom. The second-order valence-corrected chi connectivity index (χ2v) is 8.70. The molecule has 0 radical (unpaired) electrons. The molecule has 2 unspecified atom stereocenters. The second-order valence-electron chi connectivity index (χ2n) is 8.29. The number of imidazole rings is 1. The number of halogens is 1. The number of hydrogen-bond donors (Lipinski definition) is 2. The van der Waals surface area contributed by atoms with Crippen molar-refractivity contribution < 1.29 is 9.59 Å². The Kier molecular flexibility index (Phi) is 8.88. The average molecular weight is 481 g/mol. The molecule has 180 valence electrons. The van der Waals surface area contributed by atoms with Gasteiger partial charge < -0.3 is 10.3 Å². The highest BCUT2D eigenvalue weighted by Crippen LogP contribution is 2.37. The van der Waals surface area contributed by atoms with Gasteiger partial charge in [-0.15, -0.1) is 0 Å². The molecule has 2 fully saturated rings. The highest BCUT2D eigenvalue weighted by Gasteiger charge is 2.40. The molecule has 2 heterocycles. The van der Waals surface area contributed by atoms with Crippen LogP contribution in [0, 0.1) is 6.92 Å². The van der Waals surface area contributed by atoms with Crippen LogP contribution in [-0.4, -0.2) is 33.4 Å². The molecule has 3 amide bonds. The zero-order valence-corrected chi connectivity index (χ0v) is 21.0. The highest BCUT2D eigenvalue weighted by molar-refractivity contribution is 6.33. The van der Waals surface area contributed by atoms with E-state index in [0.717, 1.165) is 22.4 Å². The first kappa shape index (κ1) is 25.5. The number of aromatic amines is 1. The van der Waals surface area contributed by atoms with Crippen LogP contribution in [0.1, 0.15) is 68.9 Å². The standard InChI is InChI=1S/C22H21ClN4O2.C3H6.C2H6/c1-13-8-9-16(17(23)10-13)18-11-24-21(26-18)20(27-19(28)12-25-22(27)29)14(2)15-6-4-3-5-7-15;1-2-3-1;1-2/h3-11,14,20H,12H2,1-2H3,(H,24,26)(H,25,29);1-3H2;1-2H3.